The number of nitrogens with one attached hydrogen (secondary N) is 1. The molecule has 2 aliphatic rings. The number of nitrogens with zero attached hydrogens (tertiary/aromatic N) is 3. The number of rotatable bonds is 8. The second-order valence-electron chi connectivity index (χ2n) is 9.20. The normalized spacial score (nSPS) is 23.9. The van der Waals surface area contributed by atoms with E-state index in [9.17, 15) is 9.59 Å². The van der Waals surface area contributed by atoms with Crippen LogP contribution in [-0.4, -0.2) is 51.7 Å². The number of benzene rings is 1. The lowest BCUT2D eigenvalue weighted by Crippen LogP contribution is -2.41. The summed E-state index contributed by atoms with van der Waals surface area (Å²) >= 11 is 0. The fourth-order valence-corrected chi connectivity index (χ4v) is 5.13. The summed E-state index contributed by atoms with van der Waals surface area (Å²) in [5.74, 6) is 0.902. The zero-order chi connectivity index (χ0) is 22.5. The number of ether oxygens (including phenoxy) is 1. The molecule has 0 radical (unpaired) electrons. The molecule has 1 aliphatic heterocycles. The Hall–Kier alpha value is -2.54. The van der Waals surface area contributed by atoms with Gasteiger partial charge in [-0.05, 0) is 62.8 Å². The molecule has 0 bridgehead atoms. The second-order valence-corrected chi connectivity index (χ2v) is 9.20. The summed E-state index contributed by atoms with van der Waals surface area (Å²) in [6.45, 7) is 6.46. The number of imidazole rings is 1. The van der Waals surface area contributed by atoms with E-state index in [2.05, 4.69) is 17.1 Å². The predicted molar refractivity (Wildman–Crippen MR) is 126 cm³/mol. The number of amides is 1. The largest absolute Gasteiger partial charge is 0.494 e. The third-order valence-corrected chi connectivity index (χ3v) is 6.89. The summed E-state index contributed by atoms with van der Waals surface area (Å²) in [6, 6.07) is 8.86. The van der Waals surface area contributed by atoms with Crippen LogP contribution in [-0.2, 0) is 4.79 Å². The lowest BCUT2D eigenvalue weighted by atomic mass is 9.90. The molecule has 7 heteroatoms. The van der Waals surface area contributed by atoms with E-state index in [0.29, 0.717) is 6.04 Å². The first-order chi connectivity index (χ1) is 15.5. The zero-order valence-corrected chi connectivity index (χ0v) is 19.3. The summed E-state index contributed by atoms with van der Waals surface area (Å²) in [5, 5.41) is 3.05. The SMILES string of the molecule is CCCCOc1ccc(-n2ccn(C3CCC(N4CC[C@@H](NC(C)=O)C4)CC3)c2=O)cc1. The number of hydrogen-bond acceptors (Lipinski definition) is 4. The van der Waals surface area contributed by atoms with Gasteiger partial charge >= 0.3 is 5.69 Å². The van der Waals surface area contributed by atoms with Crippen molar-refractivity contribution in [3.05, 3.63) is 47.1 Å². The Labute approximate surface area is 190 Å². The topological polar surface area (TPSA) is 68.5 Å². The Kier molecular flexibility index (Phi) is 7.35. The molecule has 1 aromatic carbocycles. The van der Waals surface area contributed by atoms with Crippen LogP contribution in [0.25, 0.3) is 5.69 Å². The standard InChI is InChI=1S/C25H36N4O3/c1-3-4-17-32-24-11-9-23(10-12-24)29-16-15-28(25(29)31)22-7-5-21(6-8-22)27-14-13-20(18-27)26-19(2)30/h9-12,15-16,20-22H,3-8,13-14,17-18H2,1-2H3,(H,26,30)/t20-,21?,22?/m1/s1. The van der Waals surface area contributed by atoms with E-state index in [1.807, 2.05) is 41.2 Å². The second kappa shape index (κ2) is 10.4. The van der Waals surface area contributed by atoms with Gasteiger partial charge in [0.15, 0.2) is 0 Å². The Morgan fingerprint density at radius 3 is 2.47 bits per heavy atom. The molecule has 2 fully saturated rings. The molecule has 1 aliphatic carbocycles. The molecular formula is C25H36N4O3. The van der Waals surface area contributed by atoms with Gasteiger partial charge in [0.05, 0.1) is 12.3 Å². The maximum Gasteiger partial charge on any atom is 0.332 e. The van der Waals surface area contributed by atoms with Crippen LogP contribution in [0.1, 0.15) is 64.8 Å². The van der Waals surface area contributed by atoms with Gasteiger partial charge in [0.25, 0.3) is 0 Å². The molecule has 1 aromatic heterocycles. The van der Waals surface area contributed by atoms with Crippen molar-refractivity contribution in [3.63, 3.8) is 0 Å². The van der Waals surface area contributed by atoms with E-state index in [1.54, 1.807) is 11.5 Å². The summed E-state index contributed by atoms with van der Waals surface area (Å²) < 4.78 is 9.36. The van der Waals surface area contributed by atoms with Crippen LogP contribution in [0.5, 0.6) is 5.75 Å². The minimum atomic E-state index is 0.0278. The van der Waals surface area contributed by atoms with E-state index < -0.39 is 0 Å². The molecule has 0 spiro atoms. The molecule has 174 valence electrons. The number of carbonyl (C=O) groups excluding carboxylic acids is 1. The predicted octanol–water partition coefficient (Wildman–Crippen LogP) is 3.51. The van der Waals surface area contributed by atoms with Gasteiger partial charge in [0, 0.05) is 50.5 Å². The molecular weight excluding hydrogens is 404 g/mol. The molecule has 0 unspecified atom stereocenters. The van der Waals surface area contributed by atoms with Crippen LogP contribution >= 0.6 is 0 Å². The Bertz CT molecular complexity index is 941. The Balaban J connectivity index is 1.33. The minimum absolute atomic E-state index is 0.0278. The van der Waals surface area contributed by atoms with E-state index in [0.717, 1.165) is 76.1 Å². The lowest BCUT2D eigenvalue weighted by molar-refractivity contribution is -0.119. The first kappa shape index (κ1) is 22.6. The van der Waals surface area contributed by atoms with Crippen LogP contribution < -0.4 is 15.7 Å². The highest BCUT2D eigenvalue weighted by atomic mass is 16.5. The maximum atomic E-state index is 13.1. The van der Waals surface area contributed by atoms with Crippen molar-refractivity contribution in [3.8, 4) is 11.4 Å². The van der Waals surface area contributed by atoms with Crippen molar-refractivity contribution in [2.75, 3.05) is 19.7 Å². The number of likely N-dealkylation sites (tertiary alicyclic amines) is 1. The first-order valence-electron chi connectivity index (χ1n) is 12.1. The third-order valence-electron chi connectivity index (χ3n) is 6.89. The molecule has 4 rings (SSSR count). The molecule has 2 aromatic rings. The van der Waals surface area contributed by atoms with Crippen molar-refractivity contribution in [2.45, 2.75) is 76.9 Å². The lowest BCUT2D eigenvalue weighted by Gasteiger charge is -2.34. The van der Waals surface area contributed by atoms with Crippen LogP contribution in [0.2, 0.25) is 0 Å². The summed E-state index contributed by atoms with van der Waals surface area (Å²) in [6.07, 6.45) is 11.2. The van der Waals surface area contributed by atoms with Gasteiger partial charge in [0.1, 0.15) is 5.75 Å². The monoisotopic (exact) mass is 440 g/mol. The highest BCUT2D eigenvalue weighted by Crippen LogP contribution is 2.32. The quantitative estimate of drug-likeness (QED) is 0.638. The fourth-order valence-electron chi connectivity index (χ4n) is 5.13. The van der Waals surface area contributed by atoms with Gasteiger partial charge in [-0.25, -0.2) is 4.79 Å². The molecule has 1 N–H and O–H groups in total. The smallest absolute Gasteiger partial charge is 0.332 e. The van der Waals surface area contributed by atoms with E-state index in [1.165, 1.54) is 0 Å². The highest BCUT2D eigenvalue weighted by molar-refractivity contribution is 5.73. The van der Waals surface area contributed by atoms with Crippen molar-refractivity contribution >= 4 is 5.91 Å². The summed E-state index contributed by atoms with van der Waals surface area (Å²) in [4.78, 5) is 26.9. The number of hydrogen-bond donors (Lipinski definition) is 1. The van der Waals surface area contributed by atoms with Crippen molar-refractivity contribution < 1.29 is 9.53 Å². The average molecular weight is 441 g/mol. The number of carbonyl (C=O) groups is 1. The Morgan fingerprint density at radius 2 is 1.78 bits per heavy atom. The summed E-state index contributed by atoms with van der Waals surface area (Å²) in [7, 11) is 0. The molecule has 2 heterocycles. The fraction of sp³-hybridized carbons (Fsp3) is 0.600. The van der Waals surface area contributed by atoms with Gasteiger partial charge < -0.3 is 10.1 Å². The van der Waals surface area contributed by atoms with Crippen molar-refractivity contribution in [1.82, 2.24) is 19.4 Å². The molecule has 1 saturated carbocycles. The molecule has 7 nitrogen and oxygen atoms in total. The van der Waals surface area contributed by atoms with Gasteiger partial charge in [-0.1, -0.05) is 13.3 Å². The van der Waals surface area contributed by atoms with E-state index >= 15 is 0 Å². The van der Waals surface area contributed by atoms with Crippen LogP contribution in [0, 0.1) is 0 Å². The average Bonchev–Trinajstić information content (AvgIpc) is 3.41. The van der Waals surface area contributed by atoms with Gasteiger partial charge in [0.2, 0.25) is 5.91 Å². The Morgan fingerprint density at radius 1 is 1.06 bits per heavy atom. The van der Waals surface area contributed by atoms with Crippen LogP contribution in [0.4, 0.5) is 0 Å². The van der Waals surface area contributed by atoms with Crippen LogP contribution in [0.15, 0.2) is 41.5 Å². The molecule has 1 amide bonds. The summed E-state index contributed by atoms with van der Waals surface area (Å²) in [5.41, 5.74) is 0.895. The molecule has 1 saturated heterocycles. The van der Waals surface area contributed by atoms with Gasteiger partial charge in [-0.3, -0.25) is 18.8 Å². The van der Waals surface area contributed by atoms with Gasteiger partial charge in [-0.2, -0.15) is 0 Å². The van der Waals surface area contributed by atoms with Crippen molar-refractivity contribution in [2.24, 2.45) is 0 Å². The molecule has 1 atom stereocenters. The molecule has 32 heavy (non-hydrogen) atoms. The minimum Gasteiger partial charge on any atom is -0.494 e. The van der Waals surface area contributed by atoms with Crippen LogP contribution in [0.3, 0.4) is 0 Å². The maximum absolute atomic E-state index is 13.1. The van der Waals surface area contributed by atoms with Gasteiger partial charge in [-0.15, -0.1) is 0 Å². The zero-order valence-electron chi connectivity index (χ0n) is 19.3. The number of aromatic nitrogens is 2. The number of unbranched alkanes of at least 4 members (excludes halogenated alkanes) is 1. The first-order valence-corrected chi connectivity index (χ1v) is 12.1. The third kappa shape index (κ3) is 5.26. The van der Waals surface area contributed by atoms with E-state index in [-0.39, 0.29) is 23.7 Å². The van der Waals surface area contributed by atoms with E-state index in [4.69, 9.17) is 4.74 Å². The van der Waals surface area contributed by atoms with Crippen molar-refractivity contribution in [1.29, 1.82) is 0 Å². The highest BCUT2D eigenvalue weighted by Gasteiger charge is 2.32.